The van der Waals surface area contributed by atoms with E-state index in [2.05, 4.69) is 10.6 Å². The van der Waals surface area contributed by atoms with Crippen molar-refractivity contribution in [2.45, 2.75) is 39.8 Å². The number of aliphatic imine (C=N–C) groups is 1. The molecule has 32 heavy (non-hydrogen) atoms. The zero-order chi connectivity index (χ0) is 23.3. The fourth-order valence-electron chi connectivity index (χ4n) is 3.57. The Bertz CT molecular complexity index is 1030. The van der Waals surface area contributed by atoms with Gasteiger partial charge in [0, 0.05) is 31.1 Å². The number of likely N-dealkylation sites (N-methyl/N-ethyl adjacent to an activating group) is 1. The highest BCUT2D eigenvalue weighted by molar-refractivity contribution is 6.20. The zero-order valence-corrected chi connectivity index (χ0v) is 19.0. The van der Waals surface area contributed by atoms with Gasteiger partial charge >= 0.3 is 0 Å². The number of rotatable bonds is 7. The van der Waals surface area contributed by atoms with E-state index >= 15 is 0 Å². The van der Waals surface area contributed by atoms with Crippen molar-refractivity contribution < 1.29 is 14.4 Å². The molecule has 3 rings (SSSR count). The zero-order valence-electron chi connectivity index (χ0n) is 19.0. The first-order valence-electron chi connectivity index (χ1n) is 10.8. The first-order chi connectivity index (χ1) is 15.2. The normalized spacial score (nSPS) is 16.0. The van der Waals surface area contributed by atoms with Crippen molar-refractivity contribution in [3.05, 3.63) is 65.7 Å². The maximum absolute atomic E-state index is 13.2. The van der Waals surface area contributed by atoms with E-state index in [1.807, 2.05) is 61.5 Å². The largest absolute Gasteiger partial charge is 0.356 e. The topological polar surface area (TPSA) is 90.9 Å². The molecule has 0 fully saturated rings. The molecule has 1 atom stereocenters. The van der Waals surface area contributed by atoms with E-state index in [4.69, 9.17) is 4.99 Å². The van der Waals surface area contributed by atoms with Crippen molar-refractivity contribution in [2.24, 2.45) is 10.4 Å². The highest BCUT2D eigenvalue weighted by Gasteiger charge is 2.36. The Hall–Kier alpha value is -3.48. The van der Waals surface area contributed by atoms with Crippen LogP contribution in [0.1, 0.15) is 44.7 Å². The molecule has 168 valence electrons. The Balaban J connectivity index is 1.93. The summed E-state index contributed by atoms with van der Waals surface area (Å²) in [6.07, 6.45) is -0.266. The minimum atomic E-state index is -1.10. The summed E-state index contributed by atoms with van der Waals surface area (Å²) in [5.41, 5.74) is 2.00. The first-order valence-corrected chi connectivity index (χ1v) is 10.8. The number of hydrogen-bond acceptors (Lipinski definition) is 4. The second-order valence-corrected chi connectivity index (χ2v) is 8.54. The number of hydrogen-bond donors (Lipinski definition) is 2. The molecule has 0 aromatic heterocycles. The van der Waals surface area contributed by atoms with Crippen molar-refractivity contribution in [2.75, 3.05) is 18.5 Å². The van der Waals surface area contributed by atoms with Crippen molar-refractivity contribution in [3.8, 4) is 0 Å². The summed E-state index contributed by atoms with van der Waals surface area (Å²) < 4.78 is 0. The van der Waals surface area contributed by atoms with Gasteiger partial charge in [0.05, 0.1) is 16.8 Å². The van der Waals surface area contributed by atoms with Crippen LogP contribution in [0.25, 0.3) is 0 Å². The Kier molecular flexibility index (Phi) is 7.08. The molecule has 0 unspecified atom stereocenters. The van der Waals surface area contributed by atoms with Crippen LogP contribution in [0.5, 0.6) is 0 Å². The van der Waals surface area contributed by atoms with Crippen molar-refractivity contribution in [3.63, 3.8) is 0 Å². The van der Waals surface area contributed by atoms with Gasteiger partial charge in [-0.25, -0.2) is 4.99 Å². The molecule has 1 aliphatic rings. The van der Waals surface area contributed by atoms with Crippen LogP contribution in [0, 0.1) is 5.41 Å². The average Bonchev–Trinajstić information content (AvgIpc) is 2.88. The quantitative estimate of drug-likeness (QED) is 0.702. The standard InChI is InChI=1S/C25H30N4O3/c1-5-15-26-20(30)16-25(2,3)24(32)28-22-23(31)29(4)19-14-10-9-13-18(19)21(27-22)17-11-7-6-8-12-17/h6-14,22H,5,15-16H2,1-4H3,(H,26,30)(H,28,32)/t22-/m1/s1. The number of carbonyl (C=O) groups excluding carboxylic acids is 3. The minimum absolute atomic E-state index is 0.0189. The summed E-state index contributed by atoms with van der Waals surface area (Å²) in [5, 5.41) is 5.57. The second-order valence-electron chi connectivity index (χ2n) is 8.54. The highest BCUT2D eigenvalue weighted by Crippen LogP contribution is 2.28. The average molecular weight is 435 g/mol. The number of benzodiazepines with no additional fused rings is 1. The van der Waals surface area contributed by atoms with Crippen LogP contribution in [-0.2, 0) is 14.4 Å². The number of benzene rings is 2. The van der Waals surface area contributed by atoms with Gasteiger partial charge < -0.3 is 15.5 Å². The predicted molar refractivity (Wildman–Crippen MR) is 126 cm³/mol. The molecule has 3 amide bonds. The lowest BCUT2D eigenvalue weighted by Crippen LogP contribution is -2.50. The van der Waals surface area contributed by atoms with Crippen LogP contribution >= 0.6 is 0 Å². The molecule has 2 N–H and O–H groups in total. The number of para-hydroxylation sites is 1. The monoisotopic (exact) mass is 434 g/mol. The van der Waals surface area contributed by atoms with Crippen molar-refractivity contribution in [1.29, 1.82) is 0 Å². The molecule has 7 nitrogen and oxygen atoms in total. The Morgan fingerprint density at radius 3 is 2.41 bits per heavy atom. The van der Waals surface area contributed by atoms with Crippen LogP contribution in [0.3, 0.4) is 0 Å². The van der Waals surface area contributed by atoms with E-state index in [0.717, 1.165) is 23.2 Å². The van der Waals surface area contributed by atoms with E-state index in [1.165, 1.54) is 4.90 Å². The van der Waals surface area contributed by atoms with Crippen LogP contribution in [0.15, 0.2) is 59.6 Å². The molecular formula is C25H30N4O3. The van der Waals surface area contributed by atoms with Gasteiger partial charge in [0.25, 0.3) is 5.91 Å². The van der Waals surface area contributed by atoms with Gasteiger partial charge in [0.1, 0.15) is 0 Å². The lowest BCUT2D eigenvalue weighted by molar-refractivity contribution is -0.136. The molecule has 1 aliphatic heterocycles. The van der Waals surface area contributed by atoms with Crippen LogP contribution in [-0.4, -0.2) is 43.2 Å². The Morgan fingerprint density at radius 1 is 1.06 bits per heavy atom. The van der Waals surface area contributed by atoms with Crippen molar-refractivity contribution >= 4 is 29.1 Å². The summed E-state index contributed by atoms with van der Waals surface area (Å²) in [5.74, 6) is -0.946. The number of nitrogens with one attached hydrogen (secondary N) is 2. The molecule has 0 aliphatic carbocycles. The van der Waals surface area contributed by atoms with Gasteiger partial charge in [-0.3, -0.25) is 14.4 Å². The number of amides is 3. The van der Waals surface area contributed by atoms with E-state index < -0.39 is 17.5 Å². The summed E-state index contributed by atoms with van der Waals surface area (Å²) in [6, 6.07) is 17.1. The predicted octanol–water partition coefficient (Wildman–Crippen LogP) is 2.89. The third-order valence-electron chi connectivity index (χ3n) is 5.45. The maximum atomic E-state index is 13.2. The summed E-state index contributed by atoms with van der Waals surface area (Å²) in [4.78, 5) is 44.7. The Labute approximate surface area is 188 Å². The van der Waals surface area contributed by atoms with E-state index in [0.29, 0.717) is 12.3 Å². The smallest absolute Gasteiger partial charge is 0.272 e. The first kappa shape index (κ1) is 23.2. The number of nitrogens with zero attached hydrogens (tertiary/aromatic N) is 2. The molecule has 2 aromatic rings. The lowest BCUT2D eigenvalue weighted by Gasteiger charge is -2.26. The van der Waals surface area contributed by atoms with Gasteiger partial charge in [0.2, 0.25) is 18.0 Å². The van der Waals surface area contributed by atoms with Crippen LogP contribution in [0.4, 0.5) is 5.69 Å². The maximum Gasteiger partial charge on any atom is 0.272 e. The van der Waals surface area contributed by atoms with Gasteiger partial charge in [-0.2, -0.15) is 0 Å². The lowest BCUT2D eigenvalue weighted by atomic mass is 9.87. The summed E-state index contributed by atoms with van der Waals surface area (Å²) in [7, 11) is 1.67. The fraction of sp³-hybridized carbons (Fsp3) is 0.360. The minimum Gasteiger partial charge on any atom is -0.356 e. The number of carbonyl (C=O) groups is 3. The molecule has 1 heterocycles. The number of anilines is 1. The van der Waals surface area contributed by atoms with Gasteiger partial charge in [-0.15, -0.1) is 0 Å². The second kappa shape index (κ2) is 9.77. The number of fused-ring (bicyclic) bond motifs is 1. The van der Waals surface area contributed by atoms with Gasteiger partial charge in [-0.1, -0.05) is 69.3 Å². The molecule has 0 saturated heterocycles. The Morgan fingerprint density at radius 2 is 1.72 bits per heavy atom. The molecule has 0 spiro atoms. The highest BCUT2D eigenvalue weighted by atomic mass is 16.2. The molecule has 2 aromatic carbocycles. The molecular weight excluding hydrogens is 404 g/mol. The van der Waals surface area contributed by atoms with E-state index in [1.54, 1.807) is 20.9 Å². The van der Waals surface area contributed by atoms with Crippen LogP contribution < -0.4 is 15.5 Å². The third kappa shape index (κ3) is 5.04. The molecule has 0 saturated carbocycles. The van der Waals surface area contributed by atoms with E-state index in [9.17, 15) is 14.4 Å². The summed E-state index contributed by atoms with van der Waals surface area (Å²) >= 11 is 0. The molecule has 0 bridgehead atoms. The van der Waals surface area contributed by atoms with Crippen LogP contribution in [0.2, 0.25) is 0 Å². The fourth-order valence-corrected chi connectivity index (χ4v) is 3.57. The molecule has 0 radical (unpaired) electrons. The van der Waals surface area contributed by atoms with Gasteiger partial charge in [-0.05, 0) is 12.5 Å². The van der Waals surface area contributed by atoms with Gasteiger partial charge in [0.15, 0.2) is 0 Å². The van der Waals surface area contributed by atoms with Crippen molar-refractivity contribution in [1.82, 2.24) is 10.6 Å². The SMILES string of the molecule is CCCNC(=O)CC(C)(C)C(=O)N[C@H]1N=C(c2ccccc2)c2ccccc2N(C)C1=O. The third-order valence-corrected chi connectivity index (χ3v) is 5.45. The summed E-state index contributed by atoms with van der Waals surface area (Å²) in [6.45, 7) is 5.91. The van der Waals surface area contributed by atoms with E-state index in [-0.39, 0.29) is 18.2 Å². The molecule has 7 heteroatoms.